The summed E-state index contributed by atoms with van der Waals surface area (Å²) < 4.78 is 0. The average molecular weight is 239 g/mol. The predicted octanol–water partition coefficient (Wildman–Crippen LogP) is -0.371. The first-order valence-electron chi connectivity index (χ1n) is 6.37. The van der Waals surface area contributed by atoms with Crippen molar-refractivity contribution in [1.29, 1.82) is 0 Å². The van der Waals surface area contributed by atoms with Crippen LogP contribution < -0.4 is 0 Å². The molecule has 0 radical (unpaired) electrons. The standard InChI is InChI=1S/C12H21N3O2/c1-13-6-8-15(9-7-13)12(17)11-2-4-14(10-16)5-3-11/h10-11H,2-9H2,1H3. The molecule has 0 aromatic heterocycles. The van der Waals surface area contributed by atoms with Crippen LogP contribution in [0.15, 0.2) is 0 Å². The van der Waals surface area contributed by atoms with E-state index in [1.54, 1.807) is 4.90 Å². The molecule has 0 unspecified atom stereocenters. The molecule has 17 heavy (non-hydrogen) atoms. The first-order chi connectivity index (χ1) is 8.20. The van der Waals surface area contributed by atoms with Crippen molar-refractivity contribution in [2.75, 3.05) is 46.3 Å². The number of carbonyl (C=O) groups is 2. The van der Waals surface area contributed by atoms with Gasteiger partial charge in [0, 0.05) is 45.2 Å². The predicted molar refractivity (Wildman–Crippen MR) is 64.4 cm³/mol. The van der Waals surface area contributed by atoms with Crippen molar-refractivity contribution in [1.82, 2.24) is 14.7 Å². The molecule has 0 N–H and O–H groups in total. The molecule has 2 aliphatic rings. The highest BCUT2D eigenvalue weighted by atomic mass is 16.2. The van der Waals surface area contributed by atoms with Gasteiger partial charge in [-0.2, -0.15) is 0 Å². The molecule has 2 saturated heterocycles. The maximum Gasteiger partial charge on any atom is 0.225 e. The highest BCUT2D eigenvalue weighted by Gasteiger charge is 2.29. The van der Waals surface area contributed by atoms with Crippen molar-refractivity contribution in [2.45, 2.75) is 12.8 Å². The van der Waals surface area contributed by atoms with Gasteiger partial charge in [0.15, 0.2) is 0 Å². The second-order valence-corrected chi connectivity index (χ2v) is 5.04. The van der Waals surface area contributed by atoms with Crippen LogP contribution in [-0.2, 0) is 9.59 Å². The fraction of sp³-hybridized carbons (Fsp3) is 0.833. The Hall–Kier alpha value is -1.10. The smallest absolute Gasteiger partial charge is 0.225 e. The summed E-state index contributed by atoms with van der Waals surface area (Å²) in [6.07, 6.45) is 2.53. The molecule has 0 spiro atoms. The Morgan fingerprint density at radius 2 is 1.65 bits per heavy atom. The van der Waals surface area contributed by atoms with Crippen LogP contribution in [-0.4, -0.2) is 73.3 Å². The molecule has 5 heteroatoms. The number of hydrogen-bond acceptors (Lipinski definition) is 3. The number of amides is 2. The summed E-state index contributed by atoms with van der Waals surface area (Å²) in [4.78, 5) is 28.8. The normalized spacial score (nSPS) is 23.8. The van der Waals surface area contributed by atoms with Crippen LogP contribution in [0.4, 0.5) is 0 Å². The molecule has 0 saturated carbocycles. The lowest BCUT2D eigenvalue weighted by atomic mass is 9.95. The Morgan fingerprint density at radius 1 is 1.06 bits per heavy atom. The van der Waals surface area contributed by atoms with E-state index in [4.69, 9.17) is 0 Å². The number of hydrogen-bond donors (Lipinski definition) is 0. The van der Waals surface area contributed by atoms with Crippen molar-refractivity contribution in [3.05, 3.63) is 0 Å². The fourth-order valence-corrected chi connectivity index (χ4v) is 2.54. The van der Waals surface area contributed by atoms with E-state index in [9.17, 15) is 9.59 Å². The van der Waals surface area contributed by atoms with Gasteiger partial charge in [0.2, 0.25) is 12.3 Å². The molecule has 5 nitrogen and oxygen atoms in total. The van der Waals surface area contributed by atoms with Crippen molar-refractivity contribution in [3.63, 3.8) is 0 Å². The van der Waals surface area contributed by atoms with Gasteiger partial charge in [-0.25, -0.2) is 0 Å². The monoisotopic (exact) mass is 239 g/mol. The van der Waals surface area contributed by atoms with Gasteiger partial charge in [0.05, 0.1) is 0 Å². The minimum atomic E-state index is 0.134. The van der Waals surface area contributed by atoms with E-state index in [0.29, 0.717) is 5.91 Å². The van der Waals surface area contributed by atoms with E-state index in [-0.39, 0.29) is 5.92 Å². The zero-order valence-electron chi connectivity index (χ0n) is 10.5. The maximum atomic E-state index is 12.3. The van der Waals surface area contributed by atoms with Crippen molar-refractivity contribution < 1.29 is 9.59 Å². The van der Waals surface area contributed by atoms with Crippen molar-refractivity contribution in [2.24, 2.45) is 5.92 Å². The van der Waals surface area contributed by atoms with Gasteiger partial charge in [-0.15, -0.1) is 0 Å². The lowest BCUT2D eigenvalue weighted by molar-refractivity contribution is -0.139. The summed E-state index contributed by atoms with van der Waals surface area (Å²) in [5, 5.41) is 0. The minimum absolute atomic E-state index is 0.134. The Balaban J connectivity index is 1.82. The van der Waals surface area contributed by atoms with Crippen LogP contribution in [0.3, 0.4) is 0 Å². The Kier molecular flexibility index (Phi) is 3.99. The molecule has 0 bridgehead atoms. The fourth-order valence-electron chi connectivity index (χ4n) is 2.54. The molecule has 0 atom stereocenters. The second-order valence-electron chi connectivity index (χ2n) is 5.04. The zero-order chi connectivity index (χ0) is 12.3. The van der Waals surface area contributed by atoms with E-state index in [0.717, 1.165) is 58.5 Å². The molecular weight excluding hydrogens is 218 g/mol. The highest BCUT2D eigenvalue weighted by molar-refractivity contribution is 5.79. The number of likely N-dealkylation sites (tertiary alicyclic amines) is 1. The topological polar surface area (TPSA) is 43.9 Å². The van der Waals surface area contributed by atoms with Gasteiger partial charge in [0.1, 0.15) is 0 Å². The van der Waals surface area contributed by atoms with Crippen molar-refractivity contribution >= 4 is 12.3 Å². The number of rotatable bonds is 2. The molecule has 96 valence electrons. The molecule has 2 aliphatic heterocycles. The molecule has 0 aromatic carbocycles. The summed E-state index contributed by atoms with van der Waals surface area (Å²) in [5.74, 6) is 0.429. The van der Waals surface area contributed by atoms with E-state index in [1.807, 2.05) is 4.90 Å². The van der Waals surface area contributed by atoms with Crippen LogP contribution in [0, 0.1) is 5.92 Å². The number of piperidine rings is 1. The largest absolute Gasteiger partial charge is 0.345 e. The average Bonchev–Trinajstić information content (AvgIpc) is 2.39. The SMILES string of the molecule is CN1CCN(C(=O)C2CCN(C=O)CC2)CC1. The van der Waals surface area contributed by atoms with Crippen LogP contribution in [0.2, 0.25) is 0 Å². The van der Waals surface area contributed by atoms with Gasteiger partial charge in [-0.3, -0.25) is 9.59 Å². The van der Waals surface area contributed by atoms with E-state index < -0.39 is 0 Å². The Morgan fingerprint density at radius 3 is 2.18 bits per heavy atom. The lowest BCUT2D eigenvalue weighted by Crippen LogP contribution is -2.50. The Bertz CT molecular complexity index is 279. The summed E-state index contributed by atoms with van der Waals surface area (Å²) >= 11 is 0. The molecule has 2 rings (SSSR count). The van der Waals surface area contributed by atoms with Crippen LogP contribution in [0.5, 0.6) is 0 Å². The van der Waals surface area contributed by atoms with Gasteiger partial charge < -0.3 is 14.7 Å². The van der Waals surface area contributed by atoms with Gasteiger partial charge in [-0.1, -0.05) is 0 Å². The summed E-state index contributed by atoms with van der Waals surface area (Å²) in [6.45, 7) is 5.10. The highest BCUT2D eigenvalue weighted by Crippen LogP contribution is 2.19. The lowest BCUT2D eigenvalue weighted by Gasteiger charge is -2.36. The summed E-state index contributed by atoms with van der Waals surface area (Å²) in [5.41, 5.74) is 0. The molecule has 0 aliphatic carbocycles. The maximum absolute atomic E-state index is 12.3. The van der Waals surface area contributed by atoms with Crippen LogP contribution in [0.1, 0.15) is 12.8 Å². The van der Waals surface area contributed by atoms with Crippen LogP contribution in [0.25, 0.3) is 0 Å². The van der Waals surface area contributed by atoms with E-state index >= 15 is 0 Å². The third kappa shape index (κ3) is 2.97. The summed E-state index contributed by atoms with van der Waals surface area (Å²) in [6, 6.07) is 0. The van der Waals surface area contributed by atoms with Crippen LogP contribution >= 0.6 is 0 Å². The van der Waals surface area contributed by atoms with E-state index in [1.165, 1.54) is 0 Å². The van der Waals surface area contributed by atoms with Gasteiger partial charge in [0.25, 0.3) is 0 Å². The number of carbonyl (C=O) groups excluding carboxylic acids is 2. The molecule has 2 fully saturated rings. The van der Waals surface area contributed by atoms with E-state index in [2.05, 4.69) is 11.9 Å². The van der Waals surface area contributed by atoms with Crippen molar-refractivity contribution in [3.8, 4) is 0 Å². The third-order valence-electron chi connectivity index (χ3n) is 3.84. The third-order valence-corrected chi connectivity index (χ3v) is 3.84. The number of piperazine rings is 1. The summed E-state index contributed by atoms with van der Waals surface area (Å²) in [7, 11) is 2.09. The Labute approximate surface area is 102 Å². The number of likely N-dealkylation sites (N-methyl/N-ethyl adjacent to an activating group) is 1. The molecule has 0 aromatic rings. The first-order valence-corrected chi connectivity index (χ1v) is 6.37. The quantitative estimate of drug-likeness (QED) is 0.618. The van der Waals surface area contributed by atoms with Gasteiger partial charge >= 0.3 is 0 Å². The molecule has 2 amide bonds. The molecular formula is C12H21N3O2. The second kappa shape index (κ2) is 5.49. The zero-order valence-corrected chi connectivity index (χ0v) is 10.5. The minimum Gasteiger partial charge on any atom is -0.345 e. The molecule has 2 heterocycles. The first kappa shape index (κ1) is 12.4. The van der Waals surface area contributed by atoms with Gasteiger partial charge in [-0.05, 0) is 19.9 Å². The number of nitrogens with zero attached hydrogens (tertiary/aromatic N) is 3.